The molecule has 0 radical (unpaired) electrons. The van der Waals surface area contributed by atoms with E-state index in [1.807, 2.05) is 0 Å². The van der Waals surface area contributed by atoms with Crippen LogP contribution in [0.4, 0.5) is 0 Å². The first kappa shape index (κ1) is 10.8. The molecule has 7 heteroatoms. The largest absolute Gasteiger partial charge is 0.479 e. The van der Waals surface area contributed by atoms with Crippen LogP contribution in [0.25, 0.3) is 0 Å². The number of aliphatic carboxylic acids is 1. The Labute approximate surface area is 87.9 Å². The third kappa shape index (κ3) is 2.14. The molecule has 0 bridgehead atoms. The minimum atomic E-state index is -3.27. The smallest absolute Gasteiger partial charge is 0.334 e. The monoisotopic (exact) mass is 235 g/mol. The maximum absolute atomic E-state index is 11.8. The predicted octanol–water partition coefficient (Wildman–Crippen LogP) is -0.736. The van der Waals surface area contributed by atoms with Gasteiger partial charge in [-0.2, -0.15) is 4.31 Å². The molecule has 0 spiro atoms. The summed E-state index contributed by atoms with van der Waals surface area (Å²) in [5.74, 6) is -1.11. The summed E-state index contributed by atoms with van der Waals surface area (Å²) in [6.45, 7) is 0.361. The number of carbonyl (C=O) groups is 1. The van der Waals surface area contributed by atoms with Gasteiger partial charge < -0.3 is 9.84 Å². The second kappa shape index (κ2) is 3.73. The van der Waals surface area contributed by atoms with Gasteiger partial charge in [0, 0.05) is 6.54 Å². The molecule has 1 aliphatic carbocycles. The first-order chi connectivity index (χ1) is 7.01. The van der Waals surface area contributed by atoms with Crippen LogP contribution in [0.15, 0.2) is 0 Å². The fourth-order valence-corrected chi connectivity index (χ4v) is 3.41. The lowest BCUT2D eigenvalue weighted by Crippen LogP contribution is -2.49. The van der Waals surface area contributed by atoms with Gasteiger partial charge in [0.25, 0.3) is 0 Å². The summed E-state index contributed by atoms with van der Waals surface area (Å²) in [6.07, 6.45) is 0.363. The Morgan fingerprint density at radius 1 is 1.40 bits per heavy atom. The standard InChI is InChI=1S/C8H13NO5S/c10-8(11)7-5-9(3-4-14-7)15(12,13)6-1-2-6/h6-7H,1-5H2,(H,10,11). The van der Waals surface area contributed by atoms with Crippen molar-refractivity contribution in [2.75, 3.05) is 19.7 Å². The number of hydrogen-bond donors (Lipinski definition) is 1. The number of rotatable bonds is 3. The summed E-state index contributed by atoms with van der Waals surface area (Å²) in [5, 5.41) is 8.44. The van der Waals surface area contributed by atoms with Crippen LogP contribution < -0.4 is 0 Å². The summed E-state index contributed by atoms with van der Waals surface area (Å²) >= 11 is 0. The molecule has 86 valence electrons. The van der Waals surface area contributed by atoms with E-state index in [4.69, 9.17) is 9.84 Å². The average Bonchev–Trinajstić information content (AvgIpc) is 3.01. The zero-order chi connectivity index (χ0) is 11.1. The third-order valence-corrected chi connectivity index (χ3v) is 4.98. The molecule has 1 saturated heterocycles. The van der Waals surface area contributed by atoms with Gasteiger partial charge in [0.05, 0.1) is 18.4 Å². The van der Waals surface area contributed by atoms with Crippen molar-refractivity contribution in [2.24, 2.45) is 0 Å². The molecular formula is C8H13NO5S. The fraction of sp³-hybridized carbons (Fsp3) is 0.875. The van der Waals surface area contributed by atoms with Gasteiger partial charge in [0.2, 0.25) is 10.0 Å². The van der Waals surface area contributed by atoms with Crippen molar-refractivity contribution < 1.29 is 23.1 Å². The average molecular weight is 235 g/mol. The van der Waals surface area contributed by atoms with Crippen molar-refractivity contribution in [1.82, 2.24) is 4.31 Å². The summed E-state index contributed by atoms with van der Waals surface area (Å²) in [6, 6.07) is 0. The lowest BCUT2D eigenvalue weighted by Gasteiger charge is -2.29. The van der Waals surface area contributed by atoms with Crippen molar-refractivity contribution in [3.05, 3.63) is 0 Å². The molecule has 0 aromatic carbocycles. The molecule has 0 aromatic heterocycles. The molecule has 1 aliphatic heterocycles. The molecule has 1 atom stereocenters. The highest BCUT2D eigenvalue weighted by atomic mass is 32.2. The van der Waals surface area contributed by atoms with Crippen molar-refractivity contribution in [3.8, 4) is 0 Å². The van der Waals surface area contributed by atoms with E-state index in [2.05, 4.69) is 0 Å². The normalized spacial score (nSPS) is 28.9. The molecule has 2 fully saturated rings. The Hall–Kier alpha value is -0.660. The van der Waals surface area contributed by atoms with Crippen LogP contribution in [0, 0.1) is 0 Å². The molecule has 0 aromatic rings. The number of ether oxygens (including phenoxy) is 1. The molecule has 1 N–H and O–H groups in total. The summed E-state index contributed by atoms with van der Waals surface area (Å²) in [4.78, 5) is 10.7. The number of carboxylic acids is 1. The van der Waals surface area contributed by atoms with Crippen LogP contribution in [0.5, 0.6) is 0 Å². The Balaban J connectivity index is 2.07. The zero-order valence-electron chi connectivity index (χ0n) is 8.13. The topological polar surface area (TPSA) is 83.9 Å². The quantitative estimate of drug-likeness (QED) is 0.696. The first-order valence-electron chi connectivity index (χ1n) is 4.85. The highest BCUT2D eigenvalue weighted by Gasteiger charge is 2.42. The highest BCUT2D eigenvalue weighted by molar-refractivity contribution is 7.90. The number of morpholine rings is 1. The third-order valence-electron chi connectivity index (χ3n) is 2.61. The van der Waals surface area contributed by atoms with Gasteiger partial charge in [-0.3, -0.25) is 0 Å². The Morgan fingerprint density at radius 2 is 2.07 bits per heavy atom. The van der Waals surface area contributed by atoms with E-state index in [0.29, 0.717) is 12.8 Å². The SMILES string of the molecule is O=C(O)C1CN(S(=O)(=O)C2CC2)CCO1. The van der Waals surface area contributed by atoms with Gasteiger partial charge >= 0.3 is 5.97 Å². The van der Waals surface area contributed by atoms with Crippen LogP contribution in [-0.2, 0) is 19.6 Å². The Bertz CT molecular complexity index is 361. The van der Waals surface area contributed by atoms with Gasteiger partial charge in [-0.1, -0.05) is 0 Å². The number of nitrogens with zero attached hydrogens (tertiary/aromatic N) is 1. The van der Waals surface area contributed by atoms with E-state index >= 15 is 0 Å². The van der Waals surface area contributed by atoms with Gasteiger partial charge in [0.15, 0.2) is 6.10 Å². The number of carboxylic acid groups (broad SMARTS) is 1. The van der Waals surface area contributed by atoms with E-state index in [-0.39, 0.29) is 24.9 Å². The first-order valence-corrected chi connectivity index (χ1v) is 6.35. The van der Waals surface area contributed by atoms with Crippen molar-refractivity contribution in [1.29, 1.82) is 0 Å². The summed E-state index contributed by atoms with van der Waals surface area (Å²) in [5.41, 5.74) is 0. The van der Waals surface area contributed by atoms with E-state index in [1.54, 1.807) is 0 Å². The maximum atomic E-state index is 11.8. The van der Waals surface area contributed by atoms with Crippen LogP contribution in [0.1, 0.15) is 12.8 Å². The molecule has 2 rings (SSSR count). The lowest BCUT2D eigenvalue weighted by molar-refractivity contribution is -0.153. The van der Waals surface area contributed by atoms with Crippen molar-refractivity contribution >= 4 is 16.0 Å². The lowest BCUT2D eigenvalue weighted by atomic mass is 10.3. The minimum Gasteiger partial charge on any atom is -0.479 e. The zero-order valence-corrected chi connectivity index (χ0v) is 8.94. The van der Waals surface area contributed by atoms with Gasteiger partial charge in [-0.15, -0.1) is 0 Å². The minimum absolute atomic E-state index is 0.0613. The van der Waals surface area contributed by atoms with Crippen LogP contribution in [0.3, 0.4) is 0 Å². The molecule has 1 unspecified atom stereocenters. The van der Waals surface area contributed by atoms with Crippen LogP contribution >= 0.6 is 0 Å². The van der Waals surface area contributed by atoms with E-state index in [0.717, 1.165) is 0 Å². The van der Waals surface area contributed by atoms with Crippen LogP contribution in [0.2, 0.25) is 0 Å². The van der Waals surface area contributed by atoms with Gasteiger partial charge in [0.1, 0.15) is 0 Å². The molecule has 15 heavy (non-hydrogen) atoms. The fourth-order valence-electron chi connectivity index (χ4n) is 1.58. The van der Waals surface area contributed by atoms with E-state index < -0.39 is 22.1 Å². The van der Waals surface area contributed by atoms with Crippen molar-refractivity contribution in [3.63, 3.8) is 0 Å². The number of sulfonamides is 1. The number of hydrogen-bond acceptors (Lipinski definition) is 4. The highest BCUT2D eigenvalue weighted by Crippen LogP contribution is 2.31. The molecular weight excluding hydrogens is 222 g/mol. The molecule has 0 amide bonds. The Morgan fingerprint density at radius 3 is 2.60 bits per heavy atom. The second-order valence-corrected chi connectivity index (χ2v) is 6.01. The van der Waals surface area contributed by atoms with Gasteiger partial charge in [-0.05, 0) is 12.8 Å². The summed E-state index contributed by atoms with van der Waals surface area (Å²) in [7, 11) is -3.27. The summed E-state index contributed by atoms with van der Waals surface area (Å²) < 4.78 is 29.8. The van der Waals surface area contributed by atoms with Crippen LogP contribution in [-0.4, -0.2) is 54.8 Å². The van der Waals surface area contributed by atoms with Crippen molar-refractivity contribution in [2.45, 2.75) is 24.2 Å². The molecule has 2 aliphatic rings. The second-order valence-electron chi connectivity index (χ2n) is 3.80. The predicted molar refractivity (Wildman–Crippen MR) is 50.9 cm³/mol. The van der Waals surface area contributed by atoms with E-state index in [1.165, 1.54) is 4.31 Å². The van der Waals surface area contributed by atoms with E-state index in [9.17, 15) is 13.2 Å². The maximum Gasteiger partial charge on any atom is 0.334 e. The molecule has 1 heterocycles. The Kier molecular flexibility index (Phi) is 2.70. The molecule has 6 nitrogen and oxygen atoms in total. The van der Waals surface area contributed by atoms with Gasteiger partial charge in [-0.25, -0.2) is 13.2 Å². The molecule has 1 saturated carbocycles.